The summed E-state index contributed by atoms with van der Waals surface area (Å²) in [5.74, 6) is 1.05. The molecule has 1 N–H and O–H groups in total. The number of benzene rings is 1. The van der Waals surface area contributed by atoms with Crippen LogP contribution in [0.15, 0.2) is 36.4 Å². The van der Waals surface area contributed by atoms with Gasteiger partial charge in [-0.15, -0.1) is 22.9 Å². The molecule has 152 valence electrons. The Labute approximate surface area is 177 Å². The number of hydrogen-bond acceptors (Lipinski definition) is 2. The summed E-state index contributed by atoms with van der Waals surface area (Å²) < 4.78 is 0. The van der Waals surface area contributed by atoms with E-state index in [1.54, 1.807) is 6.07 Å². The van der Waals surface area contributed by atoms with E-state index < -0.39 is 5.97 Å². The van der Waals surface area contributed by atoms with Crippen molar-refractivity contribution in [2.45, 2.75) is 70.1 Å². The molecule has 0 radical (unpaired) electrons. The lowest BCUT2D eigenvalue weighted by Crippen LogP contribution is -2.16. The van der Waals surface area contributed by atoms with Gasteiger partial charge in [0, 0.05) is 10.3 Å². The minimum absolute atomic E-state index is 0.304. The molecule has 3 atom stereocenters. The molecule has 4 heteroatoms. The molecule has 1 fully saturated rings. The van der Waals surface area contributed by atoms with Gasteiger partial charge in [0.1, 0.15) is 4.88 Å². The van der Waals surface area contributed by atoms with Gasteiger partial charge in [-0.1, -0.05) is 38.1 Å². The zero-order valence-corrected chi connectivity index (χ0v) is 18.4. The smallest absolute Gasteiger partial charge is 0.345 e. The van der Waals surface area contributed by atoms with Crippen molar-refractivity contribution >= 4 is 28.9 Å². The SMILES string of the molecule is CC(C)c1cccc(CC[C@H]2C(Cl)CC[C@@H]2CCCc2ccc(C(=O)O)s2)c1. The molecule has 1 heterocycles. The summed E-state index contributed by atoms with van der Waals surface area (Å²) in [6.07, 6.45) is 7.93. The van der Waals surface area contributed by atoms with Gasteiger partial charge in [-0.2, -0.15) is 0 Å². The number of hydrogen-bond donors (Lipinski definition) is 1. The van der Waals surface area contributed by atoms with Gasteiger partial charge in [0.25, 0.3) is 0 Å². The van der Waals surface area contributed by atoms with Crippen LogP contribution in [0.1, 0.15) is 77.5 Å². The normalized spacial score (nSPS) is 22.1. The first-order valence-electron chi connectivity index (χ1n) is 10.5. The van der Waals surface area contributed by atoms with E-state index in [0.29, 0.717) is 28.0 Å². The van der Waals surface area contributed by atoms with Gasteiger partial charge in [0.05, 0.1) is 0 Å². The van der Waals surface area contributed by atoms with Crippen LogP contribution in [-0.4, -0.2) is 16.5 Å². The molecule has 2 nitrogen and oxygen atoms in total. The maximum atomic E-state index is 11.0. The van der Waals surface area contributed by atoms with Gasteiger partial charge in [-0.05, 0) is 86.0 Å². The van der Waals surface area contributed by atoms with Crippen molar-refractivity contribution in [3.05, 3.63) is 57.3 Å². The molecule has 0 aliphatic heterocycles. The van der Waals surface area contributed by atoms with Gasteiger partial charge in [-0.3, -0.25) is 0 Å². The Morgan fingerprint density at radius 1 is 1.18 bits per heavy atom. The fourth-order valence-electron chi connectivity index (χ4n) is 4.48. The van der Waals surface area contributed by atoms with Crippen molar-refractivity contribution in [3.63, 3.8) is 0 Å². The third kappa shape index (κ3) is 5.61. The van der Waals surface area contributed by atoms with Gasteiger partial charge in [0.2, 0.25) is 0 Å². The number of aryl methyl sites for hydroxylation is 2. The molecule has 1 aromatic carbocycles. The first-order chi connectivity index (χ1) is 13.4. The second-order valence-electron chi connectivity index (χ2n) is 8.42. The highest BCUT2D eigenvalue weighted by atomic mass is 35.5. The third-order valence-electron chi connectivity index (χ3n) is 6.14. The first kappa shape index (κ1) is 21.4. The maximum Gasteiger partial charge on any atom is 0.345 e. The Morgan fingerprint density at radius 3 is 2.71 bits per heavy atom. The van der Waals surface area contributed by atoms with Crippen LogP contribution < -0.4 is 0 Å². The van der Waals surface area contributed by atoms with E-state index in [9.17, 15) is 4.79 Å². The van der Waals surface area contributed by atoms with Crippen LogP contribution in [0.25, 0.3) is 0 Å². The number of carbonyl (C=O) groups is 1. The highest BCUT2D eigenvalue weighted by molar-refractivity contribution is 7.13. The summed E-state index contributed by atoms with van der Waals surface area (Å²) in [6.45, 7) is 4.49. The summed E-state index contributed by atoms with van der Waals surface area (Å²) in [7, 11) is 0. The van der Waals surface area contributed by atoms with Crippen molar-refractivity contribution in [3.8, 4) is 0 Å². The van der Waals surface area contributed by atoms with Crippen LogP contribution in [0.4, 0.5) is 0 Å². The lowest BCUT2D eigenvalue weighted by Gasteiger charge is -2.22. The molecule has 28 heavy (non-hydrogen) atoms. The van der Waals surface area contributed by atoms with E-state index in [0.717, 1.165) is 25.7 Å². The summed E-state index contributed by atoms with van der Waals surface area (Å²) in [4.78, 5) is 12.6. The Hall–Kier alpha value is -1.32. The van der Waals surface area contributed by atoms with Crippen LogP contribution in [0, 0.1) is 11.8 Å². The van der Waals surface area contributed by atoms with Crippen molar-refractivity contribution in [2.75, 3.05) is 0 Å². The molecule has 2 aromatic rings. The van der Waals surface area contributed by atoms with Crippen molar-refractivity contribution in [1.82, 2.24) is 0 Å². The second kappa shape index (κ2) is 9.93. The van der Waals surface area contributed by atoms with Gasteiger partial charge >= 0.3 is 5.97 Å². The van der Waals surface area contributed by atoms with Crippen LogP contribution in [0.2, 0.25) is 0 Å². The summed E-state index contributed by atoms with van der Waals surface area (Å²) in [5.41, 5.74) is 2.85. The minimum Gasteiger partial charge on any atom is -0.477 e. The van der Waals surface area contributed by atoms with Gasteiger partial charge in [0.15, 0.2) is 0 Å². The molecule has 1 aliphatic rings. The Kier molecular flexibility index (Phi) is 7.59. The number of aromatic carboxylic acids is 1. The molecule has 1 aliphatic carbocycles. The van der Waals surface area contributed by atoms with Crippen LogP contribution >= 0.6 is 22.9 Å². The molecule has 0 saturated heterocycles. The predicted molar refractivity (Wildman–Crippen MR) is 119 cm³/mol. The quantitative estimate of drug-likeness (QED) is 0.438. The zero-order chi connectivity index (χ0) is 20.1. The molecule has 1 aromatic heterocycles. The van der Waals surface area contributed by atoms with E-state index in [4.69, 9.17) is 16.7 Å². The molecular weight excluding hydrogens is 388 g/mol. The van der Waals surface area contributed by atoms with Gasteiger partial charge in [-0.25, -0.2) is 4.79 Å². The first-order valence-corrected chi connectivity index (χ1v) is 11.7. The molecule has 1 unspecified atom stereocenters. The van der Waals surface area contributed by atoms with E-state index in [1.807, 2.05) is 6.07 Å². The van der Waals surface area contributed by atoms with Crippen LogP contribution in [0.5, 0.6) is 0 Å². The molecular formula is C24H31ClO2S. The number of carboxylic acid groups (broad SMARTS) is 1. The summed E-state index contributed by atoms with van der Waals surface area (Å²) in [5, 5.41) is 9.36. The van der Waals surface area contributed by atoms with E-state index in [1.165, 1.54) is 46.6 Å². The van der Waals surface area contributed by atoms with Crippen molar-refractivity contribution in [1.29, 1.82) is 0 Å². The molecule has 0 amide bonds. The van der Waals surface area contributed by atoms with Crippen LogP contribution in [0.3, 0.4) is 0 Å². The highest BCUT2D eigenvalue weighted by Crippen LogP contribution is 2.41. The second-order valence-corrected chi connectivity index (χ2v) is 10.1. The van der Waals surface area contributed by atoms with Crippen LogP contribution in [-0.2, 0) is 12.8 Å². The number of halogens is 1. The maximum absolute atomic E-state index is 11.0. The lowest BCUT2D eigenvalue weighted by atomic mass is 9.86. The average molecular weight is 419 g/mol. The predicted octanol–water partition coefficient (Wildman–Crippen LogP) is 7.16. The van der Waals surface area contributed by atoms with E-state index in [-0.39, 0.29) is 0 Å². The fourth-order valence-corrected chi connectivity index (χ4v) is 5.82. The Bertz CT molecular complexity index is 782. The number of rotatable bonds is 9. The molecule has 3 rings (SSSR count). The van der Waals surface area contributed by atoms with E-state index >= 15 is 0 Å². The Morgan fingerprint density at radius 2 is 2.00 bits per heavy atom. The monoisotopic (exact) mass is 418 g/mol. The van der Waals surface area contributed by atoms with Crippen molar-refractivity contribution < 1.29 is 9.90 Å². The lowest BCUT2D eigenvalue weighted by molar-refractivity contribution is 0.0702. The van der Waals surface area contributed by atoms with E-state index in [2.05, 4.69) is 38.1 Å². The molecule has 0 spiro atoms. The van der Waals surface area contributed by atoms with Crippen molar-refractivity contribution in [2.24, 2.45) is 11.8 Å². The molecule has 0 bridgehead atoms. The zero-order valence-electron chi connectivity index (χ0n) is 16.9. The number of carboxylic acids is 1. The molecule has 1 saturated carbocycles. The summed E-state index contributed by atoms with van der Waals surface area (Å²) in [6, 6.07) is 12.7. The fraction of sp³-hybridized carbons (Fsp3) is 0.542. The number of alkyl halides is 1. The van der Waals surface area contributed by atoms with Gasteiger partial charge < -0.3 is 5.11 Å². The topological polar surface area (TPSA) is 37.3 Å². The minimum atomic E-state index is -0.821. The third-order valence-corrected chi connectivity index (χ3v) is 7.81. The number of thiophene rings is 1. The standard InChI is InChI=1S/C24H31ClO2S/c1-16(2)19-7-3-5-17(15-19)9-12-21-18(10-13-22(21)25)6-4-8-20-11-14-23(28-20)24(26)27/h3,5,7,11,14-16,18,21-22H,4,6,8-10,12-13H2,1-2H3,(H,26,27)/t18-,21+,22?/m0/s1. The highest BCUT2D eigenvalue weighted by Gasteiger charge is 2.33. The average Bonchev–Trinajstić information content (AvgIpc) is 3.28. The summed E-state index contributed by atoms with van der Waals surface area (Å²) >= 11 is 8.10. The largest absolute Gasteiger partial charge is 0.477 e. The Balaban J connectivity index is 1.50.